The summed E-state index contributed by atoms with van der Waals surface area (Å²) in [7, 11) is 1.68. The van der Waals surface area contributed by atoms with E-state index in [1.165, 1.54) is 0 Å². The summed E-state index contributed by atoms with van der Waals surface area (Å²) < 4.78 is 5.29. The number of rotatable bonds is 4. The van der Waals surface area contributed by atoms with Gasteiger partial charge in [-0.05, 0) is 60.9 Å². The van der Waals surface area contributed by atoms with Gasteiger partial charge >= 0.3 is 0 Å². The molecule has 1 N–H and O–H groups in total. The molecule has 1 atom stereocenters. The first-order valence-corrected chi connectivity index (χ1v) is 6.58. The van der Waals surface area contributed by atoms with Crippen molar-refractivity contribution in [3.63, 3.8) is 0 Å². The highest BCUT2D eigenvalue weighted by Gasteiger charge is 2.17. The van der Waals surface area contributed by atoms with Crippen LogP contribution < -0.4 is 4.74 Å². The highest BCUT2D eigenvalue weighted by atomic mass is 16.5. The highest BCUT2D eigenvalue weighted by molar-refractivity contribution is 5.42. The molecule has 18 heavy (non-hydrogen) atoms. The number of hydrogen-bond acceptors (Lipinski definition) is 2. The summed E-state index contributed by atoms with van der Waals surface area (Å²) in [4.78, 5) is 0. The topological polar surface area (TPSA) is 29.5 Å². The molecular formula is C16H26O2. The quantitative estimate of drug-likeness (QED) is 0.869. The largest absolute Gasteiger partial charge is 0.496 e. The molecule has 2 nitrogen and oxygen atoms in total. The van der Waals surface area contributed by atoms with Gasteiger partial charge in [0.05, 0.1) is 13.2 Å². The van der Waals surface area contributed by atoms with E-state index < -0.39 is 0 Å². The second-order valence-electron chi connectivity index (χ2n) is 6.29. The van der Waals surface area contributed by atoms with E-state index in [1.807, 2.05) is 26.0 Å². The molecule has 1 aromatic carbocycles. The van der Waals surface area contributed by atoms with Gasteiger partial charge < -0.3 is 9.84 Å². The van der Waals surface area contributed by atoms with Crippen LogP contribution >= 0.6 is 0 Å². The van der Waals surface area contributed by atoms with Crippen molar-refractivity contribution in [3.8, 4) is 5.75 Å². The Hall–Kier alpha value is -1.02. The van der Waals surface area contributed by atoms with E-state index in [-0.39, 0.29) is 11.5 Å². The second kappa shape index (κ2) is 5.75. The fraction of sp³-hybridized carbons (Fsp3) is 0.625. The third kappa shape index (κ3) is 4.02. The molecule has 0 aliphatic carbocycles. The molecular weight excluding hydrogens is 224 g/mol. The minimum absolute atomic E-state index is 0.260. The molecule has 0 aromatic heterocycles. The van der Waals surface area contributed by atoms with Crippen LogP contribution in [0.15, 0.2) is 12.1 Å². The lowest BCUT2D eigenvalue weighted by molar-refractivity contribution is 0.147. The number of aryl methyl sites for hydroxylation is 2. The lowest BCUT2D eigenvalue weighted by Crippen LogP contribution is -2.09. The molecule has 0 aliphatic rings. The van der Waals surface area contributed by atoms with Crippen molar-refractivity contribution in [1.29, 1.82) is 0 Å². The van der Waals surface area contributed by atoms with Crippen LogP contribution in [-0.2, 0) is 0 Å². The summed E-state index contributed by atoms with van der Waals surface area (Å²) >= 11 is 0. The highest BCUT2D eigenvalue weighted by Crippen LogP contribution is 2.31. The molecule has 0 saturated heterocycles. The molecule has 1 rings (SSSR count). The second-order valence-corrected chi connectivity index (χ2v) is 6.29. The predicted octanol–water partition coefficient (Wildman–Crippen LogP) is 4.17. The summed E-state index contributed by atoms with van der Waals surface area (Å²) in [6, 6.07) is 4.05. The van der Waals surface area contributed by atoms with Crippen molar-refractivity contribution < 1.29 is 9.84 Å². The van der Waals surface area contributed by atoms with Crippen molar-refractivity contribution in [2.75, 3.05) is 7.11 Å². The van der Waals surface area contributed by atoms with Gasteiger partial charge in [0.2, 0.25) is 0 Å². The minimum Gasteiger partial charge on any atom is -0.496 e. The fourth-order valence-corrected chi connectivity index (χ4v) is 2.12. The average Bonchev–Trinajstić information content (AvgIpc) is 2.27. The Morgan fingerprint density at radius 2 is 1.78 bits per heavy atom. The zero-order valence-corrected chi connectivity index (χ0v) is 12.5. The Morgan fingerprint density at radius 3 is 2.28 bits per heavy atom. The Bertz CT molecular complexity index is 402. The van der Waals surface area contributed by atoms with Gasteiger partial charge in [-0.1, -0.05) is 20.8 Å². The monoisotopic (exact) mass is 250 g/mol. The van der Waals surface area contributed by atoms with Crippen LogP contribution in [0.2, 0.25) is 0 Å². The molecule has 0 radical (unpaired) electrons. The predicted molar refractivity (Wildman–Crippen MR) is 76.1 cm³/mol. The van der Waals surface area contributed by atoms with Gasteiger partial charge in [-0.25, -0.2) is 0 Å². The van der Waals surface area contributed by atoms with Gasteiger partial charge in [0.15, 0.2) is 0 Å². The minimum atomic E-state index is -0.381. The SMILES string of the molecule is COc1cc(C)c(C(O)CCC(C)(C)C)cc1C. The molecule has 1 aromatic rings. The van der Waals surface area contributed by atoms with Gasteiger partial charge in [0.25, 0.3) is 0 Å². The Kier molecular flexibility index (Phi) is 4.80. The van der Waals surface area contributed by atoms with Gasteiger partial charge in [0, 0.05) is 0 Å². The van der Waals surface area contributed by atoms with Crippen LogP contribution in [0.3, 0.4) is 0 Å². The van der Waals surface area contributed by atoms with E-state index in [1.54, 1.807) is 7.11 Å². The van der Waals surface area contributed by atoms with E-state index in [4.69, 9.17) is 4.74 Å². The molecule has 0 saturated carbocycles. The molecule has 0 heterocycles. The third-order valence-corrected chi connectivity index (χ3v) is 3.31. The molecule has 0 fully saturated rings. The maximum atomic E-state index is 10.3. The first-order valence-electron chi connectivity index (χ1n) is 6.58. The van der Waals surface area contributed by atoms with E-state index in [2.05, 4.69) is 20.8 Å². The lowest BCUT2D eigenvalue weighted by Gasteiger charge is -2.22. The number of methoxy groups -OCH3 is 1. The summed E-state index contributed by atoms with van der Waals surface area (Å²) in [5.74, 6) is 0.888. The van der Waals surface area contributed by atoms with Gasteiger partial charge in [-0.2, -0.15) is 0 Å². The van der Waals surface area contributed by atoms with Crippen LogP contribution in [0.4, 0.5) is 0 Å². The first kappa shape index (κ1) is 15.0. The van der Waals surface area contributed by atoms with Crippen LogP contribution in [0, 0.1) is 19.3 Å². The number of benzene rings is 1. The first-order chi connectivity index (χ1) is 8.24. The van der Waals surface area contributed by atoms with Crippen molar-refractivity contribution in [2.24, 2.45) is 5.41 Å². The zero-order valence-electron chi connectivity index (χ0n) is 12.5. The maximum absolute atomic E-state index is 10.3. The van der Waals surface area contributed by atoms with Gasteiger partial charge in [-0.3, -0.25) is 0 Å². The maximum Gasteiger partial charge on any atom is 0.122 e. The third-order valence-electron chi connectivity index (χ3n) is 3.31. The van der Waals surface area contributed by atoms with Crippen LogP contribution in [0.5, 0.6) is 5.75 Å². The van der Waals surface area contributed by atoms with Crippen molar-refractivity contribution in [1.82, 2.24) is 0 Å². The Balaban J connectivity index is 2.86. The molecule has 102 valence electrons. The molecule has 0 spiro atoms. The standard InChI is InChI=1S/C16H26O2/c1-11-10-15(18-6)12(2)9-13(11)14(17)7-8-16(3,4)5/h9-10,14,17H,7-8H2,1-6H3. The van der Waals surface area contributed by atoms with Crippen molar-refractivity contribution in [3.05, 3.63) is 28.8 Å². The summed E-state index contributed by atoms with van der Waals surface area (Å²) in [5, 5.41) is 10.3. The van der Waals surface area contributed by atoms with Crippen LogP contribution in [0.1, 0.15) is 56.4 Å². The summed E-state index contributed by atoms with van der Waals surface area (Å²) in [5.41, 5.74) is 3.46. The number of hydrogen-bond donors (Lipinski definition) is 1. The van der Waals surface area contributed by atoms with E-state index in [9.17, 15) is 5.11 Å². The Morgan fingerprint density at radius 1 is 1.17 bits per heavy atom. The van der Waals surface area contributed by atoms with E-state index in [0.29, 0.717) is 0 Å². The van der Waals surface area contributed by atoms with Gasteiger partial charge in [-0.15, -0.1) is 0 Å². The molecule has 0 bridgehead atoms. The molecule has 0 aliphatic heterocycles. The molecule has 2 heteroatoms. The zero-order chi connectivity index (χ0) is 13.9. The van der Waals surface area contributed by atoms with Crippen molar-refractivity contribution in [2.45, 2.75) is 53.6 Å². The summed E-state index contributed by atoms with van der Waals surface area (Å²) in [6.07, 6.45) is 1.43. The van der Waals surface area contributed by atoms with Crippen LogP contribution in [0.25, 0.3) is 0 Å². The van der Waals surface area contributed by atoms with Crippen LogP contribution in [-0.4, -0.2) is 12.2 Å². The summed E-state index contributed by atoms with van der Waals surface area (Å²) in [6.45, 7) is 10.6. The Labute approximate surface area is 111 Å². The van der Waals surface area contributed by atoms with Crippen molar-refractivity contribution >= 4 is 0 Å². The number of aliphatic hydroxyl groups is 1. The van der Waals surface area contributed by atoms with E-state index >= 15 is 0 Å². The van der Waals surface area contributed by atoms with Gasteiger partial charge in [0.1, 0.15) is 5.75 Å². The normalized spacial score (nSPS) is 13.5. The fourth-order valence-electron chi connectivity index (χ4n) is 2.12. The molecule has 1 unspecified atom stereocenters. The lowest BCUT2D eigenvalue weighted by atomic mass is 9.87. The number of aliphatic hydroxyl groups excluding tert-OH is 1. The number of ether oxygens (including phenoxy) is 1. The molecule has 0 amide bonds. The smallest absolute Gasteiger partial charge is 0.122 e. The average molecular weight is 250 g/mol. The van der Waals surface area contributed by atoms with E-state index in [0.717, 1.165) is 35.3 Å².